The summed E-state index contributed by atoms with van der Waals surface area (Å²) in [4.78, 5) is 28.0. The summed E-state index contributed by atoms with van der Waals surface area (Å²) in [5.41, 5.74) is 10.4. The fraction of sp³-hybridized carbons (Fsp3) is 0.781. The molecule has 2 amide bonds. The molecule has 2 unspecified atom stereocenters. The van der Waals surface area contributed by atoms with Crippen molar-refractivity contribution in [3.05, 3.63) is 57.6 Å². The Morgan fingerprint density at radius 1 is 0.371 bits per heavy atom. The van der Waals surface area contributed by atoms with Crippen LogP contribution < -0.4 is 10.9 Å². The highest BCUT2D eigenvalue weighted by Crippen LogP contribution is 2.44. The quantitative estimate of drug-likeness (QED) is 0.0415. The van der Waals surface area contributed by atoms with Crippen molar-refractivity contribution in [1.29, 1.82) is 0 Å². The first kappa shape index (κ1) is 63.1. The summed E-state index contributed by atoms with van der Waals surface area (Å²) in [6.07, 6.45) is 35.8. The highest BCUT2D eigenvalue weighted by molar-refractivity contribution is 5.83. The molecule has 6 heteroatoms. The van der Waals surface area contributed by atoms with Gasteiger partial charge in [-0.05, 0) is 79.7 Å². The maximum atomic E-state index is 14.0. The zero-order valence-corrected chi connectivity index (χ0v) is 48.4. The Morgan fingerprint density at radius 3 is 0.771 bits per heavy atom. The molecule has 2 atom stereocenters. The number of benzene rings is 2. The normalized spacial score (nSPS) is 13.4. The second-order valence-corrected chi connectivity index (χ2v) is 25.9. The van der Waals surface area contributed by atoms with E-state index in [0.717, 1.165) is 71.9 Å². The van der Waals surface area contributed by atoms with Crippen LogP contribution in [-0.2, 0) is 31.2 Å². The lowest BCUT2D eigenvalue weighted by Crippen LogP contribution is -2.42. The lowest BCUT2D eigenvalue weighted by atomic mass is 9.76. The SMILES string of the molecule is CCCCCCCCCCCCCCCC(CC(=O)NNC(=O)CC(CCCCCCCCCCCCCCC)c1cc(C(C)(C)C)c(O)c(C(C)(C)C)c1)c1cc(C(C)(C)C)c(O)c(C(C)(C)C)c1. The lowest BCUT2D eigenvalue weighted by molar-refractivity contribution is -0.129. The monoisotopic (exact) mass is 973 g/mol. The maximum absolute atomic E-state index is 14.0. The van der Waals surface area contributed by atoms with Gasteiger partial charge in [0.05, 0.1) is 0 Å². The van der Waals surface area contributed by atoms with Gasteiger partial charge in [-0.3, -0.25) is 20.4 Å². The van der Waals surface area contributed by atoms with E-state index in [1.165, 1.54) is 141 Å². The Kier molecular flexibility index (Phi) is 29.0. The number of hydrogen-bond donors (Lipinski definition) is 4. The minimum atomic E-state index is -0.279. The molecule has 0 saturated heterocycles. The standard InChI is InChI=1S/C64H112N2O4/c1-15-17-19-21-23-25-27-29-31-33-35-37-39-41-49(51-43-53(61(3,4)5)59(69)54(44-51)62(6,7)8)47-57(67)65-66-58(68)48-50(42-40-38-36-34-32-30-28-26-24-22-20-18-16-2)52-45-55(63(9,10)11)60(70)56(46-52)64(12,13)14/h43-46,49-50,69-70H,15-42,47-48H2,1-14H3,(H,65,67)(H,66,68). The van der Waals surface area contributed by atoms with Gasteiger partial charge in [0.1, 0.15) is 11.5 Å². The average Bonchev–Trinajstić information content (AvgIpc) is 3.26. The second kappa shape index (κ2) is 32.2. The van der Waals surface area contributed by atoms with E-state index < -0.39 is 0 Å². The van der Waals surface area contributed by atoms with Crippen LogP contribution in [0.1, 0.15) is 335 Å². The van der Waals surface area contributed by atoms with Gasteiger partial charge in [0.2, 0.25) is 11.8 Å². The molecule has 0 radical (unpaired) electrons. The predicted molar refractivity (Wildman–Crippen MR) is 303 cm³/mol. The number of carbonyl (C=O) groups excluding carboxylic acids is 2. The number of hydrogen-bond acceptors (Lipinski definition) is 4. The first-order valence-corrected chi connectivity index (χ1v) is 29.2. The number of unbranched alkanes of at least 4 members (excludes halogenated alkanes) is 24. The van der Waals surface area contributed by atoms with Gasteiger partial charge in [-0.2, -0.15) is 0 Å². The molecule has 0 aromatic heterocycles. The Labute approximate surface area is 432 Å². The minimum Gasteiger partial charge on any atom is -0.507 e. The van der Waals surface area contributed by atoms with Gasteiger partial charge in [0.15, 0.2) is 0 Å². The smallest absolute Gasteiger partial charge is 0.238 e. The van der Waals surface area contributed by atoms with Crippen molar-refractivity contribution in [3.63, 3.8) is 0 Å². The van der Waals surface area contributed by atoms with E-state index in [0.29, 0.717) is 11.5 Å². The predicted octanol–water partition coefficient (Wildman–Crippen LogP) is 19.0. The van der Waals surface area contributed by atoms with Crippen molar-refractivity contribution in [3.8, 4) is 11.5 Å². The zero-order chi connectivity index (χ0) is 52.4. The summed E-state index contributed by atoms with van der Waals surface area (Å²) in [5, 5.41) is 23.2. The second-order valence-electron chi connectivity index (χ2n) is 25.9. The van der Waals surface area contributed by atoms with Crippen LogP contribution in [0.4, 0.5) is 0 Å². The summed E-state index contributed by atoms with van der Waals surface area (Å²) in [6.45, 7) is 30.2. The molecule has 70 heavy (non-hydrogen) atoms. The molecular formula is C64H112N2O4. The van der Waals surface area contributed by atoms with Crippen LogP contribution >= 0.6 is 0 Å². The number of carbonyl (C=O) groups is 2. The molecule has 6 nitrogen and oxygen atoms in total. The van der Waals surface area contributed by atoms with E-state index in [1.54, 1.807) is 0 Å². The molecule has 0 spiro atoms. The molecular weight excluding hydrogens is 861 g/mol. The summed E-state index contributed by atoms with van der Waals surface area (Å²) in [7, 11) is 0. The first-order chi connectivity index (χ1) is 32.9. The van der Waals surface area contributed by atoms with Crippen LogP contribution in [0, 0.1) is 0 Å². The summed E-state index contributed by atoms with van der Waals surface area (Å²) >= 11 is 0. The third-order valence-corrected chi connectivity index (χ3v) is 15.0. The molecule has 4 N–H and O–H groups in total. The van der Waals surface area contributed by atoms with Crippen molar-refractivity contribution in [2.45, 2.75) is 323 Å². The Hall–Kier alpha value is -3.02. The number of amides is 2. The third kappa shape index (κ3) is 24.6. The fourth-order valence-corrected chi connectivity index (χ4v) is 10.4. The molecule has 0 aliphatic carbocycles. The number of rotatable bonds is 34. The number of hydrazine groups is 1. The largest absolute Gasteiger partial charge is 0.507 e. The van der Waals surface area contributed by atoms with Crippen molar-refractivity contribution < 1.29 is 19.8 Å². The van der Waals surface area contributed by atoms with Crippen molar-refractivity contribution in [2.24, 2.45) is 0 Å². The van der Waals surface area contributed by atoms with Crippen LogP contribution in [0.15, 0.2) is 24.3 Å². The summed E-state index contributed by atoms with van der Waals surface area (Å²) in [5.74, 6) is 0.202. The summed E-state index contributed by atoms with van der Waals surface area (Å²) in [6, 6.07) is 8.55. The molecule has 2 aromatic rings. The Morgan fingerprint density at radius 2 is 0.571 bits per heavy atom. The maximum Gasteiger partial charge on any atom is 0.238 e. The molecule has 0 fully saturated rings. The molecule has 0 aliphatic rings. The fourth-order valence-electron chi connectivity index (χ4n) is 10.4. The van der Waals surface area contributed by atoms with Crippen LogP contribution in [0.3, 0.4) is 0 Å². The van der Waals surface area contributed by atoms with Gasteiger partial charge in [0.25, 0.3) is 0 Å². The zero-order valence-electron chi connectivity index (χ0n) is 48.4. The molecule has 0 bridgehead atoms. The van der Waals surface area contributed by atoms with Gasteiger partial charge in [0, 0.05) is 12.8 Å². The third-order valence-electron chi connectivity index (χ3n) is 15.0. The van der Waals surface area contributed by atoms with E-state index in [-0.39, 0.29) is 58.2 Å². The van der Waals surface area contributed by atoms with Crippen LogP contribution in [0.5, 0.6) is 11.5 Å². The first-order valence-electron chi connectivity index (χ1n) is 29.2. The Bertz CT molecular complexity index is 1570. The molecule has 0 aliphatic heterocycles. The van der Waals surface area contributed by atoms with E-state index in [4.69, 9.17) is 0 Å². The Balaban J connectivity index is 2.22. The highest BCUT2D eigenvalue weighted by atomic mass is 16.3. The van der Waals surface area contributed by atoms with Gasteiger partial charge >= 0.3 is 0 Å². The average molecular weight is 974 g/mol. The van der Waals surface area contributed by atoms with Crippen molar-refractivity contribution >= 4 is 11.8 Å². The molecule has 2 aromatic carbocycles. The molecule has 0 heterocycles. The van der Waals surface area contributed by atoms with Gasteiger partial charge in [-0.25, -0.2) is 0 Å². The minimum absolute atomic E-state index is 0.0562. The van der Waals surface area contributed by atoms with Crippen LogP contribution in [0.25, 0.3) is 0 Å². The molecule has 2 rings (SSSR count). The van der Waals surface area contributed by atoms with Crippen molar-refractivity contribution in [1.82, 2.24) is 10.9 Å². The summed E-state index contributed by atoms with van der Waals surface area (Å²) < 4.78 is 0. The van der Waals surface area contributed by atoms with E-state index in [2.05, 4.69) is 132 Å². The highest BCUT2D eigenvalue weighted by Gasteiger charge is 2.31. The van der Waals surface area contributed by atoms with Crippen LogP contribution in [-0.4, -0.2) is 22.0 Å². The topological polar surface area (TPSA) is 98.7 Å². The van der Waals surface area contributed by atoms with Gasteiger partial charge in [-0.1, -0.05) is 288 Å². The van der Waals surface area contributed by atoms with E-state index in [1.807, 2.05) is 0 Å². The number of phenols is 2. The van der Waals surface area contributed by atoms with Gasteiger partial charge in [-0.15, -0.1) is 0 Å². The van der Waals surface area contributed by atoms with Gasteiger partial charge < -0.3 is 10.2 Å². The lowest BCUT2D eigenvalue weighted by Gasteiger charge is -2.30. The molecule has 402 valence electrons. The van der Waals surface area contributed by atoms with Crippen LogP contribution in [0.2, 0.25) is 0 Å². The number of nitrogens with one attached hydrogen (secondary N) is 2. The molecule has 0 saturated carbocycles. The van der Waals surface area contributed by atoms with Crippen molar-refractivity contribution in [2.75, 3.05) is 0 Å². The number of phenolic OH excluding ortho intramolecular Hbond substituents is 2. The van der Waals surface area contributed by atoms with E-state index >= 15 is 0 Å². The number of aromatic hydroxyl groups is 2. The van der Waals surface area contributed by atoms with E-state index in [9.17, 15) is 19.8 Å².